The normalized spacial score (nSPS) is 22.0. The summed E-state index contributed by atoms with van der Waals surface area (Å²) in [4.78, 5) is 21.0. The molecule has 1 heterocycles. The van der Waals surface area contributed by atoms with Crippen molar-refractivity contribution >= 4 is 13.6 Å². The molecule has 32 heavy (non-hydrogen) atoms. The van der Waals surface area contributed by atoms with Crippen LogP contribution in [0.4, 0.5) is 0 Å². The number of ketones is 1. The highest BCUT2D eigenvalue weighted by atomic mass is 31.2. The van der Waals surface area contributed by atoms with E-state index in [1.165, 1.54) is 0 Å². The van der Waals surface area contributed by atoms with Crippen molar-refractivity contribution in [1.29, 1.82) is 0 Å². The number of phosphoric acid groups is 1. The topological polar surface area (TPSA) is 72.8 Å². The molecular weight excluding hydrogens is 423 g/mol. The molecule has 5 nitrogen and oxygen atoms in total. The summed E-state index contributed by atoms with van der Waals surface area (Å²) < 4.78 is 20.6. The first-order chi connectivity index (χ1) is 15.5. The highest BCUT2D eigenvalue weighted by molar-refractivity contribution is 7.47. The van der Waals surface area contributed by atoms with E-state index in [1.54, 1.807) is 0 Å². The fourth-order valence-corrected chi connectivity index (χ4v) is 4.10. The lowest BCUT2D eigenvalue weighted by atomic mass is 10.0. The quantitative estimate of drug-likeness (QED) is 0.129. The Bertz CT molecular complexity index is 690. The number of allylic oxidation sites excluding steroid dienone is 10. The van der Waals surface area contributed by atoms with Crippen LogP contribution in [-0.4, -0.2) is 23.4 Å². The van der Waals surface area contributed by atoms with E-state index in [2.05, 4.69) is 72.2 Å². The number of unbranched alkanes of at least 4 members (excludes halogenated alkanes) is 3. The Hall–Kier alpha value is -1.52. The minimum atomic E-state index is -3.85. The van der Waals surface area contributed by atoms with Gasteiger partial charge in [-0.1, -0.05) is 74.1 Å². The maximum absolute atomic E-state index is 11.9. The zero-order chi connectivity index (χ0) is 23.3. The number of hydrogen-bond acceptors (Lipinski definition) is 4. The molecule has 2 unspecified atom stereocenters. The number of phosphoric ester groups is 1. The average molecular weight is 465 g/mol. The molecule has 0 amide bonds. The molecule has 6 heteroatoms. The van der Waals surface area contributed by atoms with Crippen LogP contribution in [-0.2, 0) is 18.4 Å². The van der Waals surface area contributed by atoms with Gasteiger partial charge in [-0.2, -0.15) is 0 Å². The predicted molar refractivity (Wildman–Crippen MR) is 132 cm³/mol. The van der Waals surface area contributed by atoms with Crippen LogP contribution >= 0.6 is 7.82 Å². The molecule has 1 fully saturated rings. The molecule has 0 aromatic heterocycles. The van der Waals surface area contributed by atoms with Crippen molar-refractivity contribution in [3.63, 3.8) is 0 Å². The lowest BCUT2D eigenvalue weighted by Gasteiger charge is -2.06. The van der Waals surface area contributed by atoms with E-state index in [0.29, 0.717) is 19.3 Å². The van der Waals surface area contributed by atoms with Gasteiger partial charge in [-0.15, -0.1) is 0 Å². The third-order valence-electron chi connectivity index (χ3n) is 4.94. The molecule has 180 valence electrons. The highest BCUT2D eigenvalue weighted by Gasteiger charge is 2.34. The molecule has 1 aliphatic heterocycles. The van der Waals surface area contributed by atoms with Gasteiger partial charge in [0.25, 0.3) is 0 Å². The summed E-state index contributed by atoms with van der Waals surface area (Å²) in [6, 6.07) is 0. The molecule has 1 N–H and O–H groups in total. The zero-order valence-corrected chi connectivity index (χ0v) is 20.5. The largest absolute Gasteiger partial charge is 0.472 e. The van der Waals surface area contributed by atoms with Crippen LogP contribution in [0.25, 0.3) is 0 Å². The second-order valence-corrected chi connectivity index (χ2v) is 9.28. The highest BCUT2D eigenvalue weighted by Crippen LogP contribution is 2.50. The fourth-order valence-electron chi connectivity index (χ4n) is 3.14. The Balaban J connectivity index is 1.90. The molecule has 0 radical (unpaired) electrons. The minimum absolute atomic E-state index is 0.0916. The molecule has 0 aliphatic carbocycles. The number of hydrogen-bond donors (Lipinski definition) is 1. The Labute approximate surface area is 194 Å². The van der Waals surface area contributed by atoms with Crippen LogP contribution in [0.3, 0.4) is 0 Å². The first-order valence-corrected chi connectivity index (χ1v) is 13.5. The van der Waals surface area contributed by atoms with Crippen molar-refractivity contribution in [3.05, 3.63) is 60.8 Å². The SMILES string of the molecule is CC/C=C\C/C=C\C/C=C\C/C=C\C/C=C\CCCCCC(=O)CCC1COP(=O)(O)O1. The van der Waals surface area contributed by atoms with Crippen molar-refractivity contribution in [2.75, 3.05) is 6.61 Å². The Morgan fingerprint density at radius 2 is 1.41 bits per heavy atom. The van der Waals surface area contributed by atoms with Gasteiger partial charge in [-0.25, -0.2) is 4.57 Å². The van der Waals surface area contributed by atoms with Crippen molar-refractivity contribution in [3.8, 4) is 0 Å². The van der Waals surface area contributed by atoms with Gasteiger partial charge in [0, 0.05) is 12.8 Å². The maximum Gasteiger partial charge on any atom is 0.472 e. The molecule has 1 rings (SSSR count). The molecule has 1 saturated heterocycles. The van der Waals surface area contributed by atoms with Gasteiger partial charge in [0.1, 0.15) is 5.78 Å². The van der Waals surface area contributed by atoms with Crippen molar-refractivity contribution in [2.24, 2.45) is 0 Å². The van der Waals surface area contributed by atoms with Gasteiger partial charge >= 0.3 is 7.82 Å². The lowest BCUT2D eigenvalue weighted by molar-refractivity contribution is -0.119. The minimum Gasteiger partial charge on any atom is -0.302 e. The van der Waals surface area contributed by atoms with Crippen molar-refractivity contribution in [1.82, 2.24) is 0 Å². The third-order valence-corrected chi connectivity index (χ3v) is 5.98. The monoisotopic (exact) mass is 464 g/mol. The predicted octanol–water partition coefficient (Wildman–Crippen LogP) is 7.55. The van der Waals surface area contributed by atoms with Crippen LogP contribution in [0.2, 0.25) is 0 Å². The molecule has 2 atom stereocenters. The summed E-state index contributed by atoms with van der Waals surface area (Å²) in [6.45, 7) is 2.24. The fraction of sp³-hybridized carbons (Fsp3) is 0.577. The smallest absolute Gasteiger partial charge is 0.302 e. The summed E-state index contributed by atoms with van der Waals surface area (Å²) in [6.07, 6.45) is 32.1. The van der Waals surface area contributed by atoms with Crippen molar-refractivity contribution < 1.29 is 23.3 Å². The van der Waals surface area contributed by atoms with Gasteiger partial charge < -0.3 is 4.89 Å². The van der Waals surface area contributed by atoms with E-state index < -0.39 is 13.9 Å². The second kappa shape index (κ2) is 19.0. The third kappa shape index (κ3) is 17.1. The first kappa shape index (κ1) is 28.5. The number of rotatable bonds is 18. The van der Waals surface area contributed by atoms with Crippen LogP contribution in [0, 0.1) is 0 Å². The summed E-state index contributed by atoms with van der Waals surface area (Å²) in [7, 11) is -3.85. The van der Waals surface area contributed by atoms with Gasteiger partial charge in [0.15, 0.2) is 0 Å². The standard InChI is InChI=1S/C26H41O5P/c1-2-3-4-5-6-7-8-9-10-11-12-13-14-15-16-17-18-19-20-21-25(27)22-23-26-24-30-32(28,29)31-26/h3-4,6-7,9-10,12-13,15-16,26H,2,5,8,11,14,17-24H2,1H3,(H,28,29)/b4-3-,7-6-,10-9-,13-12-,16-15-. The van der Waals surface area contributed by atoms with Crippen LogP contribution in [0.5, 0.6) is 0 Å². The Kier molecular flexibility index (Phi) is 16.9. The summed E-state index contributed by atoms with van der Waals surface area (Å²) in [5.74, 6) is 0.183. The van der Waals surface area contributed by atoms with Crippen molar-refractivity contribution in [2.45, 2.75) is 90.1 Å². The molecular formula is C26H41O5P. The molecule has 0 aromatic rings. The summed E-state index contributed by atoms with van der Waals surface area (Å²) in [5, 5.41) is 0. The molecule has 0 saturated carbocycles. The van der Waals surface area contributed by atoms with Gasteiger partial charge in [-0.3, -0.25) is 13.8 Å². The number of carbonyl (C=O) groups excluding carboxylic acids is 1. The van der Waals surface area contributed by atoms with Gasteiger partial charge in [-0.05, 0) is 57.8 Å². The maximum atomic E-state index is 11.9. The van der Waals surface area contributed by atoms with E-state index in [1.807, 2.05) is 0 Å². The summed E-state index contributed by atoms with van der Waals surface area (Å²) >= 11 is 0. The van der Waals surface area contributed by atoms with E-state index in [9.17, 15) is 9.36 Å². The zero-order valence-electron chi connectivity index (χ0n) is 19.6. The Morgan fingerprint density at radius 1 is 0.844 bits per heavy atom. The first-order valence-electron chi connectivity index (χ1n) is 12.0. The van der Waals surface area contributed by atoms with Crippen LogP contribution < -0.4 is 0 Å². The van der Waals surface area contributed by atoms with Crippen LogP contribution in [0.15, 0.2) is 60.8 Å². The van der Waals surface area contributed by atoms with Gasteiger partial charge in [0.2, 0.25) is 0 Å². The number of carbonyl (C=O) groups is 1. The van der Waals surface area contributed by atoms with E-state index in [-0.39, 0.29) is 12.4 Å². The second-order valence-electron chi connectivity index (χ2n) is 7.88. The molecule has 1 aliphatic rings. The summed E-state index contributed by atoms with van der Waals surface area (Å²) in [5.41, 5.74) is 0. The van der Waals surface area contributed by atoms with E-state index in [0.717, 1.165) is 57.8 Å². The van der Waals surface area contributed by atoms with Gasteiger partial charge in [0.05, 0.1) is 12.7 Å². The van der Waals surface area contributed by atoms with Crippen LogP contribution in [0.1, 0.15) is 84.0 Å². The molecule has 0 bridgehead atoms. The number of Topliss-reactive ketones (excluding diaryl/α,β-unsaturated/α-hetero) is 1. The molecule has 0 aromatic carbocycles. The average Bonchev–Trinajstić information content (AvgIpc) is 3.12. The Morgan fingerprint density at radius 3 is 1.94 bits per heavy atom. The van der Waals surface area contributed by atoms with E-state index >= 15 is 0 Å². The lowest BCUT2D eigenvalue weighted by Crippen LogP contribution is -2.11. The van der Waals surface area contributed by atoms with E-state index in [4.69, 9.17) is 9.42 Å². The molecule has 0 spiro atoms.